The van der Waals surface area contributed by atoms with E-state index in [-0.39, 0.29) is 0 Å². The van der Waals surface area contributed by atoms with E-state index in [0.29, 0.717) is 12.5 Å². The van der Waals surface area contributed by atoms with Crippen LogP contribution in [0.3, 0.4) is 0 Å². The van der Waals surface area contributed by atoms with Gasteiger partial charge < -0.3 is 9.30 Å². The van der Waals surface area contributed by atoms with Crippen molar-refractivity contribution in [2.45, 2.75) is 26.3 Å². The van der Waals surface area contributed by atoms with E-state index in [0.717, 1.165) is 12.3 Å². The number of ether oxygens (including phenoxy) is 1. The average Bonchev–Trinajstić information content (AvgIpc) is 2.92. The highest BCUT2D eigenvalue weighted by molar-refractivity contribution is 5.35. The second kappa shape index (κ2) is 6.78. The van der Waals surface area contributed by atoms with Gasteiger partial charge in [-0.1, -0.05) is 38.1 Å². The minimum absolute atomic E-state index is 0.478. The van der Waals surface area contributed by atoms with Gasteiger partial charge in [-0.2, -0.15) is 0 Å². The summed E-state index contributed by atoms with van der Waals surface area (Å²) >= 11 is 0. The first-order chi connectivity index (χ1) is 9.27. The molecule has 3 nitrogen and oxygen atoms in total. The molecule has 0 aliphatic rings. The van der Waals surface area contributed by atoms with Crippen molar-refractivity contribution < 1.29 is 4.74 Å². The number of imidazole rings is 1. The molecule has 0 saturated carbocycles. The molecule has 1 heterocycles. The van der Waals surface area contributed by atoms with Crippen molar-refractivity contribution in [1.29, 1.82) is 0 Å². The molecule has 0 unspecified atom stereocenters. The van der Waals surface area contributed by atoms with Crippen LogP contribution < -0.4 is 4.74 Å². The predicted molar refractivity (Wildman–Crippen MR) is 77.4 cm³/mol. The quantitative estimate of drug-likeness (QED) is 0.738. The molecule has 0 fully saturated rings. The Morgan fingerprint density at radius 3 is 2.84 bits per heavy atom. The first-order valence-corrected chi connectivity index (χ1v) is 6.60. The Labute approximate surface area is 114 Å². The van der Waals surface area contributed by atoms with Gasteiger partial charge >= 0.3 is 0 Å². The number of aromatic nitrogens is 2. The molecule has 0 spiro atoms. The van der Waals surface area contributed by atoms with E-state index in [9.17, 15) is 0 Å². The first-order valence-electron chi connectivity index (χ1n) is 6.60. The summed E-state index contributed by atoms with van der Waals surface area (Å²) in [5.74, 6) is 1.45. The highest BCUT2D eigenvalue weighted by Crippen LogP contribution is 2.25. The lowest BCUT2D eigenvalue weighted by Crippen LogP contribution is -1.99. The number of rotatable bonds is 6. The van der Waals surface area contributed by atoms with E-state index in [1.807, 2.05) is 29.0 Å². The summed E-state index contributed by atoms with van der Waals surface area (Å²) in [6, 6.07) is 8.21. The van der Waals surface area contributed by atoms with Crippen molar-refractivity contribution in [3.63, 3.8) is 0 Å². The van der Waals surface area contributed by atoms with Crippen LogP contribution in [0.5, 0.6) is 5.75 Å². The van der Waals surface area contributed by atoms with Crippen LogP contribution in [0.1, 0.15) is 25.3 Å². The van der Waals surface area contributed by atoms with Crippen molar-refractivity contribution in [1.82, 2.24) is 9.55 Å². The molecule has 0 bridgehead atoms. The summed E-state index contributed by atoms with van der Waals surface area (Å²) in [4.78, 5) is 4.00. The Bertz CT molecular complexity index is 515. The maximum atomic E-state index is 5.81. The van der Waals surface area contributed by atoms with Crippen molar-refractivity contribution in [2.75, 3.05) is 6.61 Å². The molecule has 0 aliphatic heterocycles. The van der Waals surface area contributed by atoms with Gasteiger partial charge in [-0.15, -0.1) is 0 Å². The van der Waals surface area contributed by atoms with Gasteiger partial charge in [0.05, 0.1) is 6.33 Å². The Morgan fingerprint density at radius 1 is 1.26 bits per heavy atom. The van der Waals surface area contributed by atoms with Gasteiger partial charge in [0.1, 0.15) is 12.4 Å². The smallest absolute Gasteiger partial charge is 0.123 e. The van der Waals surface area contributed by atoms with E-state index in [2.05, 4.69) is 37.0 Å². The molecule has 2 rings (SSSR count). The number of allylic oxidation sites excluding steroid dienone is 1. The summed E-state index contributed by atoms with van der Waals surface area (Å²) in [6.07, 6.45) is 9.65. The van der Waals surface area contributed by atoms with Crippen LogP contribution in [0, 0.1) is 0 Å². The highest BCUT2D eigenvalue weighted by atomic mass is 16.5. The largest absolute Gasteiger partial charge is 0.489 e. The number of para-hydroxylation sites is 1. The van der Waals surface area contributed by atoms with Crippen molar-refractivity contribution in [2.24, 2.45) is 0 Å². The van der Waals surface area contributed by atoms with E-state index in [1.54, 1.807) is 12.5 Å². The standard InChI is InChI=1S/C16H20N2O/c1-14(2)15-7-3-4-8-16(15)19-12-6-5-10-18-11-9-17-13-18/h3-9,11,13-14H,10,12H2,1-2H3. The fourth-order valence-electron chi connectivity index (χ4n) is 1.89. The van der Waals surface area contributed by atoms with Gasteiger partial charge in [0, 0.05) is 18.9 Å². The fraction of sp³-hybridized carbons (Fsp3) is 0.312. The molecule has 0 aliphatic carbocycles. The predicted octanol–water partition coefficient (Wildman–Crippen LogP) is 3.64. The van der Waals surface area contributed by atoms with Crippen LogP contribution in [0.2, 0.25) is 0 Å². The normalized spacial score (nSPS) is 11.3. The molecule has 3 heteroatoms. The Kier molecular flexibility index (Phi) is 4.78. The number of nitrogens with zero attached hydrogens (tertiary/aromatic N) is 2. The van der Waals surface area contributed by atoms with Gasteiger partial charge in [0.2, 0.25) is 0 Å². The van der Waals surface area contributed by atoms with Crippen LogP contribution >= 0.6 is 0 Å². The zero-order valence-corrected chi connectivity index (χ0v) is 11.5. The number of benzene rings is 1. The van der Waals surface area contributed by atoms with Crippen molar-refractivity contribution >= 4 is 0 Å². The highest BCUT2D eigenvalue weighted by Gasteiger charge is 2.05. The van der Waals surface area contributed by atoms with Gasteiger partial charge in [0.15, 0.2) is 0 Å². The van der Waals surface area contributed by atoms with Gasteiger partial charge in [-0.3, -0.25) is 0 Å². The second-order valence-electron chi connectivity index (χ2n) is 4.73. The minimum Gasteiger partial charge on any atom is -0.489 e. The maximum Gasteiger partial charge on any atom is 0.123 e. The lowest BCUT2D eigenvalue weighted by atomic mass is 10.0. The molecule has 0 radical (unpaired) electrons. The Morgan fingerprint density at radius 2 is 2.11 bits per heavy atom. The third-order valence-corrected chi connectivity index (χ3v) is 2.92. The lowest BCUT2D eigenvalue weighted by molar-refractivity contribution is 0.356. The Hall–Kier alpha value is -2.03. The molecule has 0 saturated heterocycles. The molecule has 100 valence electrons. The molecular weight excluding hydrogens is 236 g/mol. The Balaban J connectivity index is 1.84. The molecule has 0 N–H and O–H groups in total. The molecular formula is C16H20N2O. The summed E-state index contributed by atoms with van der Waals surface area (Å²) < 4.78 is 7.82. The first kappa shape index (κ1) is 13.4. The summed E-state index contributed by atoms with van der Waals surface area (Å²) in [5.41, 5.74) is 1.26. The van der Waals surface area contributed by atoms with Crippen LogP contribution in [-0.4, -0.2) is 16.2 Å². The molecule has 1 aromatic heterocycles. The molecule has 0 atom stereocenters. The number of hydrogen-bond donors (Lipinski definition) is 0. The van der Waals surface area contributed by atoms with Crippen LogP contribution in [0.15, 0.2) is 55.1 Å². The van der Waals surface area contributed by atoms with Crippen LogP contribution in [0.25, 0.3) is 0 Å². The third kappa shape index (κ3) is 3.98. The van der Waals surface area contributed by atoms with Crippen LogP contribution in [0.4, 0.5) is 0 Å². The summed E-state index contributed by atoms with van der Waals surface area (Å²) in [6.45, 7) is 5.78. The summed E-state index contributed by atoms with van der Waals surface area (Å²) in [5, 5.41) is 0. The summed E-state index contributed by atoms with van der Waals surface area (Å²) in [7, 11) is 0. The topological polar surface area (TPSA) is 27.1 Å². The second-order valence-corrected chi connectivity index (χ2v) is 4.73. The molecule has 1 aromatic carbocycles. The zero-order chi connectivity index (χ0) is 13.5. The van der Waals surface area contributed by atoms with E-state index in [4.69, 9.17) is 4.74 Å². The van der Waals surface area contributed by atoms with E-state index in [1.165, 1.54) is 5.56 Å². The van der Waals surface area contributed by atoms with Crippen molar-refractivity contribution in [3.05, 3.63) is 60.7 Å². The maximum absolute atomic E-state index is 5.81. The lowest BCUT2D eigenvalue weighted by Gasteiger charge is -2.12. The SMILES string of the molecule is CC(C)c1ccccc1OCC=CCn1ccnc1. The van der Waals surface area contributed by atoms with Gasteiger partial charge in [-0.05, 0) is 23.6 Å². The molecule has 2 aromatic rings. The average molecular weight is 256 g/mol. The fourth-order valence-corrected chi connectivity index (χ4v) is 1.89. The van der Waals surface area contributed by atoms with Crippen molar-refractivity contribution in [3.8, 4) is 5.75 Å². The molecule has 19 heavy (non-hydrogen) atoms. The third-order valence-electron chi connectivity index (χ3n) is 2.92. The van der Waals surface area contributed by atoms with E-state index < -0.39 is 0 Å². The van der Waals surface area contributed by atoms with Crippen LogP contribution in [-0.2, 0) is 6.54 Å². The van der Waals surface area contributed by atoms with Gasteiger partial charge in [-0.25, -0.2) is 4.98 Å². The monoisotopic (exact) mass is 256 g/mol. The minimum atomic E-state index is 0.478. The zero-order valence-electron chi connectivity index (χ0n) is 11.5. The molecule has 0 amide bonds. The number of hydrogen-bond acceptors (Lipinski definition) is 2. The van der Waals surface area contributed by atoms with E-state index >= 15 is 0 Å². The van der Waals surface area contributed by atoms with Gasteiger partial charge in [0.25, 0.3) is 0 Å².